The van der Waals surface area contributed by atoms with Crippen molar-refractivity contribution >= 4 is 11.8 Å². The molecule has 2 amide bonds. The third-order valence-corrected chi connectivity index (χ3v) is 5.23. The van der Waals surface area contributed by atoms with Crippen LogP contribution in [0.1, 0.15) is 23.2 Å². The van der Waals surface area contributed by atoms with Gasteiger partial charge in [-0.2, -0.15) is 0 Å². The van der Waals surface area contributed by atoms with Gasteiger partial charge >= 0.3 is 0 Å². The second kappa shape index (κ2) is 15.7. The maximum atomic E-state index is 11.8. The van der Waals surface area contributed by atoms with Gasteiger partial charge in [-0.15, -0.1) is 0 Å². The van der Waals surface area contributed by atoms with Crippen LogP contribution in [0.3, 0.4) is 0 Å². The third kappa shape index (κ3) is 9.08. The number of amides is 2. The predicted octanol–water partition coefficient (Wildman–Crippen LogP) is 2.48. The quantitative estimate of drug-likeness (QED) is 0.409. The molecule has 7 heteroatoms. The van der Waals surface area contributed by atoms with Gasteiger partial charge in [0.25, 0.3) is 0 Å². The fourth-order valence-electron chi connectivity index (χ4n) is 3.37. The fraction of sp³-hybridized carbons (Fsp3) is 0.143. The van der Waals surface area contributed by atoms with E-state index in [0.717, 1.165) is 11.1 Å². The Bertz CT molecular complexity index is 796. The molecule has 4 rings (SSSR count). The predicted molar refractivity (Wildman–Crippen MR) is 130 cm³/mol. The van der Waals surface area contributed by atoms with E-state index in [1.807, 2.05) is 86.3 Å². The molecular formula is C28H28FeN2O4. The van der Waals surface area contributed by atoms with Gasteiger partial charge in [0.2, 0.25) is 11.8 Å². The number of aliphatic hydroxyl groups excluding tert-OH is 2. The van der Waals surface area contributed by atoms with Crippen molar-refractivity contribution in [3.05, 3.63) is 135 Å². The number of rotatable bonds is 8. The van der Waals surface area contributed by atoms with Crippen LogP contribution >= 0.6 is 0 Å². The van der Waals surface area contributed by atoms with Crippen LogP contribution in [0.25, 0.3) is 0 Å². The molecule has 2 aromatic carbocycles. The van der Waals surface area contributed by atoms with Gasteiger partial charge in [0.15, 0.2) is 0 Å². The second-order valence-corrected chi connectivity index (χ2v) is 7.59. The number of carbonyl (C=O) groups is 2. The summed E-state index contributed by atoms with van der Waals surface area (Å²) in [6.07, 6.45) is 14.2. The number of nitrogens with one attached hydrogen (secondary N) is 2. The van der Waals surface area contributed by atoms with Crippen LogP contribution in [0.15, 0.2) is 60.7 Å². The van der Waals surface area contributed by atoms with E-state index in [0.29, 0.717) is 11.8 Å². The molecule has 4 N–H and O–H groups in total. The Morgan fingerprint density at radius 2 is 0.914 bits per heavy atom. The second-order valence-electron chi connectivity index (χ2n) is 7.59. The van der Waals surface area contributed by atoms with E-state index in [4.69, 9.17) is 0 Å². The average molecular weight is 512 g/mol. The summed E-state index contributed by atoms with van der Waals surface area (Å²) in [7, 11) is 0. The van der Waals surface area contributed by atoms with Gasteiger partial charge in [0.1, 0.15) is 0 Å². The minimum Gasteiger partial charge on any atom is -0.394 e. The summed E-state index contributed by atoms with van der Waals surface area (Å²) in [4.78, 5) is 23.7. The molecule has 2 saturated carbocycles. The van der Waals surface area contributed by atoms with E-state index in [1.54, 1.807) is 25.7 Å². The first-order valence-electron chi connectivity index (χ1n) is 11.0. The van der Waals surface area contributed by atoms with Crippen LogP contribution in [-0.4, -0.2) is 35.2 Å². The van der Waals surface area contributed by atoms with Crippen molar-refractivity contribution in [2.24, 2.45) is 0 Å². The molecule has 0 spiro atoms. The normalized spacial score (nSPS) is 17.4. The van der Waals surface area contributed by atoms with Crippen LogP contribution < -0.4 is 10.6 Å². The molecule has 182 valence electrons. The monoisotopic (exact) mass is 512 g/mol. The van der Waals surface area contributed by atoms with Gasteiger partial charge in [0, 0.05) is 17.1 Å². The van der Waals surface area contributed by atoms with E-state index in [-0.39, 0.29) is 54.2 Å². The van der Waals surface area contributed by atoms with Gasteiger partial charge < -0.3 is 20.8 Å². The molecule has 0 aromatic heterocycles. The SMILES string of the molecule is O=C(N[C@H](CO)c1ccccc1)[C]1[CH][CH][CH][CH]1.O=C(N[C@H](CO)c1ccccc1)[C]1[CH][CH][CH][CH]1.[Fe]. The topological polar surface area (TPSA) is 98.7 Å². The number of hydrogen-bond donors (Lipinski definition) is 4. The minimum atomic E-state index is -0.362. The van der Waals surface area contributed by atoms with Crippen molar-refractivity contribution in [1.29, 1.82) is 0 Å². The minimum absolute atomic E-state index is 0. The molecule has 0 unspecified atom stereocenters. The van der Waals surface area contributed by atoms with Crippen molar-refractivity contribution in [3.63, 3.8) is 0 Å². The fourth-order valence-corrected chi connectivity index (χ4v) is 3.37. The number of benzene rings is 2. The Balaban J connectivity index is 0.000000240. The molecule has 10 radical (unpaired) electrons. The van der Waals surface area contributed by atoms with Gasteiger partial charge in [-0.05, 0) is 62.5 Å². The maximum absolute atomic E-state index is 11.8. The van der Waals surface area contributed by atoms with E-state index in [9.17, 15) is 19.8 Å². The summed E-state index contributed by atoms with van der Waals surface area (Å²) in [6, 6.07) is 18.1. The molecule has 35 heavy (non-hydrogen) atoms. The summed E-state index contributed by atoms with van der Waals surface area (Å²) in [5.74, 6) is 0.884. The van der Waals surface area contributed by atoms with E-state index in [2.05, 4.69) is 10.6 Å². The summed E-state index contributed by atoms with van der Waals surface area (Å²) in [6.45, 7) is -0.229. The first-order chi connectivity index (χ1) is 16.6. The van der Waals surface area contributed by atoms with Gasteiger partial charge in [-0.1, -0.05) is 60.7 Å². The van der Waals surface area contributed by atoms with E-state index >= 15 is 0 Å². The Kier molecular flexibility index (Phi) is 13.1. The van der Waals surface area contributed by atoms with Gasteiger partial charge in [-0.25, -0.2) is 0 Å². The van der Waals surface area contributed by atoms with E-state index < -0.39 is 0 Å². The van der Waals surface area contributed by atoms with Crippen LogP contribution in [0.5, 0.6) is 0 Å². The molecule has 2 aliphatic rings. The largest absolute Gasteiger partial charge is 0.394 e. The van der Waals surface area contributed by atoms with Crippen molar-refractivity contribution in [3.8, 4) is 0 Å². The van der Waals surface area contributed by atoms with Crippen LogP contribution in [-0.2, 0) is 26.7 Å². The molecule has 2 aromatic rings. The van der Waals surface area contributed by atoms with Gasteiger partial charge in [0.05, 0.1) is 37.1 Å². The molecule has 0 aliphatic heterocycles. The first-order valence-corrected chi connectivity index (χ1v) is 11.0. The zero-order valence-electron chi connectivity index (χ0n) is 19.0. The van der Waals surface area contributed by atoms with Crippen molar-refractivity contribution in [1.82, 2.24) is 10.6 Å². The maximum Gasteiger partial charge on any atom is 0.228 e. The van der Waals surface area contributed by atoms with Crippen LogP contribution in [0.4, 0.5) is 0 Å². The molecule has 2 atom stereocenters. The number of hydrogen-bond acceptors (Lipinski definition) is 4. The van der Waals surface area contributed by atoms with Crippen molar-refractivity contribution in [2.75, 3.05) is 13.2 Å². The van der Waals surface area contributed by atoms with E-state index in [1.165, 1.54) is 0 Å². The number of carbonyl (C=O) groups excluding carboxylic acids is 2. The molecular weight excluding hydrogens is 484 g/mol. The molecule has 0 saturated heterocycles. The standard InChI is InChI=1S/2C14H14NO2.Fe/c2*16-10-13(11-6-2-1-3-7-11)15-14(17)12-8-4-5-9-12;/h2*1-9,13,16H,10H2,(H,15,17);/t2*13-;/m11./s1. The number of aliphatic hydroxyl groups is 2. The molecule has 0 bridgehead atoms. The van der Waals surface area contributed by atoms with Crippen molar-refractivity contribution in [2.45, 2.75) is 12.1 Å². The Labute approximate surface area is 219 Å². The summed E-state index contributed by atoms with van der Waals surface area (Å²) in [5.41, 5.74) is 1.80. The van der Waals surface area contributed by atoms with Crippen LogP contribution in [0.2, 0.25) is 0 Å². The van der Waals surface area contributed by atoms with Crippen LogP contribution in [0, 0.1) is 63.2 Å². The zero-order valence-corrected chi connectivity index (χ0v) is 20.1. The van der Waals surface area contributed by atoms with Crippen molar-refractivity contribution < 1.29 is 36.9 Å². The molecule has 6 nitrogen and oxygen atoms in total. The molecule has 2 fully saturated rings. The average Bonchev–Trinajstić information content (AvgIpc) is 3.62. The first kappa shape index (κ1) is 29.1. The zero-order chi connectivity index (χ0) is 24.2. The molecule has 0 heterocycles. The van der Waals surface area contributed by atoms with Gasteiger partial charge in [-0.3, -0.25) is 9.59 Å². The third-order valence-electron chi connectivity index (χ3n) is 5.23. The summed E-state index contributed by atoms with van der Waals surface area (Å²) in [5, 5.41) is 24.2. The smallest absolute Gasteiger partial charge is 0.228 e. The Morgan fingerprint density at radius 3 is 1.20 bits per heavy atom. The Hall–Kier alpha value is -2.18. The molecule has 2 aliphatic carbocycles. The summed E-state index contributed by atoms with van der Waals surface area (Å²) >= 11 is 0. The summed E-state index contributed by atoms with van der Waals surface area (Å²) < 4.78 is 0. The Morgan fingerprint density at radius 1 is 0.600 bits per heavy atom.